The topological polar surface area (TPSA) is 59.1 Å². The van der Waals surface area contributed by atoms with Gasteiger partial charge in [-0.1, -0.05) is 0 Å². The van der Waals surface area contributed by atoms with E-state index in [0.29, 0.717) is 0 Å². The van der Waals surface area contributed by atoms with E-state index in [1.165, 1.54) is 0 Å². The summed E-state index contributed by atoms with van der Waals surface area (Å²) in [5.41, 5.74) is 1.77. The Labute approximate surface area is 80.9 Å². The van der Waals surface area contributed by atoms with Crippen LogP contribution in [-0.4, -0.2) is 30.9 Å². The molecule has 0 aliphatic carbocycles. The maximum atomic E-state index is 10.8. The average molecular weight is 218 g/mol. The first-order valence-electron chi connectivity index (χ1n) is 3.97. The first-order chi connectivity index (χ1) is 6.16. The van der Waals surface area contributed by atoms with Crippen LogP contribution in [0.5, 0.6) is 0 Å². The predicted molar refractivity (Wildman–Crippen MR) is 51.4 cm³/mol. The van der Waals surface area contributed by atoms with Gasteiger partial charge in [-0.15, -0.1) is 11.3 Å². The average Bonchev–Trinajstić information content (AvgIpc) is 2.48. The highest BCUT2D eigenvalue weighted by atomic mass is 32.2. The Bertz CT molecular complexity index is 359. The van der Waals surface area contributed by atoms with E-state index >= 15 is 0 Å². The molecule has 1 fully saturated rings. The summed E-state index contributed by atoms with van der Waals surface area (Å²) in [4.78, 5) is 5.08. The highest BCUT2D eigenvalue weighted by Gasteiger charge is 2.32. The molecule has 2 rings (SSSR count). The molecular formula is C7H10N2O2S2. The molecule has 0 aromatic carbocycles. The van der Waals surface area contributed by atoms with E-state index in [2.05, 4.69) is 10.3 Å². The standard InChI is InChI=1S/C7H10N2O2S2/c10-13(11)3-6(4-13)9-2-7-1-8-5-12-7/h1,5-6,9H,2-4H2. The van der Waals surface area contributed by atoms with Gasteiger partial charge in [-0.25, -0.2) is 8.42 Å². The van der Waals surface area contributed by atoms with Crippen molar-refractivity contribution in [3.8, 4) is 0 Å². The summed E-state index contributed by atoms with van der Waals surface area (Å²) in [6.45, 7) is 0.727. The van der Waals surface area contributed by atoms with E-state index in [4.69, 9.17) is 0 Å². The van der Waals surface area contributed by atoms with Crippen LogP contribution >= 0.6 is 11.3 Å². The highest BCUT2D eigenvalue weighted by molar-refractivity contribution is 7.92. The Morgan fingerprint density at radius 3 is 2.92 bits per heavy atom. The molecule has 13 heavy (non-hydrogen) atoms. The molecule has 6 heteroatoms. The second-order valence-electron chi connectivity index (χ2n) is 3.12. The summed E-state index contributed by atoms with van der Waals surface area (Å²) in [5, 5.41) is 3.17. The number of nitrogens with zero attached hydrogens (tertiary/aromatic N) is 1. The fourth-order valence-corrected chi connectivity index (χ4v) is 3.17. The summed E-state index contributed by atoms with van der Waals surface area (Å²) in [6, 6.07) is 0.145. The molecule has 0 amide bonds. The predicted octanol–water partition coefficient (Wildman–Crippen LogP) is 0.0297. The Kier molecular flexibility index (Phi) is 2.35. The fraction of sp³-hybridized carbons (Fsp3) is 0.571. The monoisotopic (exact) mass is 218 g/mol. The molecular weight excluding hydrogens is 208 g/mol. The third-order valence-corrected chi connectivity index (χ3v) is 4.56. The minimum Gasteiger partial charge on any atom is -0.307 e. The normalized spacial score (nSPS) is 21.2. The minimum atomic E-state index is -2.70. The van der Waals surface area contributed by atoms with Crippen LogP contribution in [0.1, 0.15) is 4.88 Å². The highest BCUT2D eigenvalue weighted by Crippen LogP contribution is 2.12. The summed E-state index contributed by atoms with van der Waals surface area (Å²) < 4.78 is 21.6. The van der Waals surface area contributed by atoms with E-state index < -0.39 is 9.84 Å². The van der Waals surface area contributed by atoms with Gasteiger partial charge in [-0.05, 0) is 0 Å². The SMILES string of the molecule is O=S1(=O)CC(NCc2cncs2)C1. The lowest BCUT2D eigenvalue weighted by molar-refractivity contribution is 0.513. The van der Waals surface area contributed by atoms with Crippen molar-refractivity contribution < 1.29 is 8.42 Å². The van der Waals surface area contributed by atoms with Crippen LogP contribution in [0.25, 0.3) is 0 Å². The molecule has 1 saturated heterocycles. The lowest BCUT2D eigenvalue weighted by Crippen LogP contribution is -2.50. The van der Waals surface area contributed by atoms with Gasteiger partial charge in [0.15, 0.2) is 9.84 Å². The van der Waals surface area contributed by atoms with E-state index in [9.17, 15) is 8.42 Å². The maximum absolute atomic E-state index is 10.8. The Morgan fingerprint density at radius 2 is 2.38 bits per heavy atom. The summed E-state index contributed by atoms with van der Waals surface area (Å²) in [7, 11) is -2.70. The molecule has 0 bridgehead atoms. The molecule has 2 heterocycles. The zero-order valence-electron chi connectivity index (χ0n) is 6.93. The van der Waals surface area contributed by atoms with Gasteiger partial charge in [-0.3, -0.25) is 4.98 Å². The van der Waals surface area contributed by atoms with Gasteiger partial charge < -0.3 is 5.32 Å². The number of hydrogen-bond donors (Lipinski definition) is 1. The van der Waals surface area contributed by atoms with Crippen LogP contribution in [-0.2, 0) is 16.4 Å². The molecule has 72 valence electrons. The number of thiazole rings is 1. The van der Waals surface area contributed by atoms with Gasteiger partial charge in [0.05, 0.1) is 17.0 Å². The van der Waals surface area contributed by atoms with Gasteiger partial charge in [-0.2, -0.15) is 0 Å². The van der Waals surface area contributed by atoms with E-state index in [1.807, 2.05) is 0 Å². The fourth-order valence-electron chi connectivity index (χ4n) is 1.26. The number of nitrogens with one attached hydrogen (secondary N) is 1. The Morgan fingerprint density at radius 1 is 1.62 bits per heavy atom. The molecule has 4 nitrogen and oxygen atoms in total. The van der Waals surface area contributed by atoms with E-state index in [1.54, 1.807) is 23.0 Å². The van der Waals surface area contributed by atoms with Crippen LogP contribution < -0.4 is 5.32 Å². The maximum Gasteiger partial charge on any atom is 0.153 e. The third-order valence-electron chi connectivity index (χ3n) is 1.96. The van der Waals surface area contributed by atoms with Crippen molar-refractivity contribution in [1.82, 2.24) is 10.3 Å². The van der Waals surface area contributed by atoms with Gasteiger partial charge in [0, 0.05) is 23.7 Å². The molecule has 1 aliphatic heterocycles. The van der Waals surface area contributed by atoms with Crippen LogP contribution in [0.2, 0.25) is 0 Å². The van der Waals surface area contributed by atoms with Crippen molar-refractivity contribution in [1.29, 1.82) is 0 Å². The zero-order chi connectivity index (χ0) is 9.31. The van der Waals surface area contributed by atoms with E-state index in [0.717, 1.165) is 11.4 Å². The van der Waals surface area contributed by atoms with Crippen molar-refractivity contribution >= 4 is 21.2 Å². The second-order valence-corrected chi connectivity index (χ2v) is 6.25. The first-order valence-corrected chi connectivity index (χ1v) is 6.67. The molecule has 0 spiro atoms. The van der Waals surface area contributed by atoms with Crippen molar-refractivity contribution in [2.45, 2.75) is 12.6 Å². The van der Waals surface area contributed by atoms with Gasteiger partial charge >= 0.3 is 0 Å². The zero-order valence-corrected chi connectivity index (χ0v) is 8.57. The van der Waals surface area contributed by atoms with Crippen LogP contribution in [0.3, 0.4) is 0 Å². The van der Waals surface area contributed by atoms with Crippen molar-refractivity contribution in [3.05, 3.63) is 16.6 Å². The molecule has 1 aliphatic rings. The molecule has 0 saturated carbocycles. The lowest BCUT2D eigenvalue weighted by atomic mass is 10.3. The molecule has 1 aromatic heterocycles. The molecule has 1 N–H and O–H groups in total. The minimum absolute atomic E-state index is 0.145. The van der Waals surface area contributed by atoms with Gasteiger partial charge in [0.25, 0.3) is 0 Å². The smallest absolute Gasteiger partial charge is 0.153 e. The third kappa shape index (κ3) is 2.26. The number of aromatic nitrogens is 1. The van der Waals surface area contributed by atoms with E-state index in [-0.39, 0.29) is 17.5 Å². The van der Waals surface area contributed by atoms with Gasteiger partial charge in [0.2, 0.25) is 0 Å². The molecule has 0 radical (unpaired) electrons. The summed E-state index contributed by atoms with van der Waals surface area (Å²) in [5.74, 6) is 0.567. The van der Waals surface area contributed by atoms with Crippen molar-refractivity contribution in [3.63, 3.8) is 0 Å². The quantitative estimate of drug-likeness (QED) is 0.777. The number of hydrogen-bond acceptors (Lipinski definition) is 5. The second kappa shape index (κ2) is 3.36. The number of sulfone groups is 1. The summed E-state index contributed by atoms with van der Waals surface area (Å²) >= 11 is 1.58. The van der Waals surface area contributed by atoms with Crippen LogP contribution in [0.15, 0.2) is 11.7 Å². The van der Waals surface area contributed by atoms with Crippen LogP contribution in [0.4, 0.5) is 0 Å². The number of rotatable bonds is 3. The molecule has 0 unspecified atom stereocenters. The molecule has 1 aromatic rings. The Balaban J connectivity index is 1.77. The van der Waals surface area contributed by atoms with Crippen LogP contribution in [0, 0.1) is 0 Å². The van der Waals surface area contributed by atoms with Gasteiger partial charge in [0.1, 0.15) is 0 Å². The molecule has 0 atom stereocenters. The summed E-state index contributed by atoms with van der Waals surface area (Å²) in [6.07, 6.45) is 1.80. The van der Waals surface area contributed by atoms with Crippen molar-refractivity contribution in [2.75, 3.05) is 11.5 Å². The largest absolute Gasteiger partial charge is 0.307 e. The Hall–Kier alpha value is -0.460. The van der Waals surface area contributed by atoms with Crippen molar-refractivity contribution in [2.24, 2.45) is 0 Å². The first kappa shape index (κ1) is 9.11. The lowest BCUT2D eigenvalue weighted by Gasteiger charge is -2.26.